The second-order valence-electron chi connectivity index (χ2n) is 4.65. The predicted molar refractivity (Wildman–Crippen MR) is 74.8 cm³/mol. The molecule has 1 N–H and O–H groups in total. The van der Waals surface area contributed by atoms with E-state index in [1.165, 1.54) is 12.1 Å². The molecule has 4 nitrogen and oxygen atoms in total. The van der Waals surface area contributed by atoms with Gasteiger partial charge in [0.05, 0.1) is 12.5 Å². The Bertz CT molecular complexity index is 711. The summed E-state index contributed by atoms with van der Waals surface area (Å²) in [5, 5.41) is 14.0. The van der Waals surface area contributed by atoms with Crippen LogP contribution in [0.25, 0.3) is 11.4 Å². The maximum Gasteiger partial charge on any atom is 0.229 e. The highest BCUT2D eigenvalue weighted by molar-refractivity contribution is 5.53. The first-order chi connectivity index (χ1) is 10.2. The Morgan fingerprint density at radius 2 is 1.76 bits per heavy atom. The van der Waals surface area contributed by atoms with Gasteiger partial charge in [-0.1, -0.05) is 35.5 Å². The standard InChI is InChI=1S/C16H13FN2O2/c17-13-8-6-12(7-9-13)16-18-15(21-19-16)10-14(20)11-4-2-1-3-5-11/h1-9,14,20H,10H2. The molecule has 0 aliphatic heterocycles. The first-order valence-corrected chi connectivity index (χ1v) is 6.54. The van der Waals surface area contributed by atoms with Crippen molar-refractivity contribution in [3.8, 4) is 11.4 Å². The van der Waals surface area contributed by atoms with Gasteiger partial charge in [0.1, 0.15) is 5.82 Å². The van der Waals surface area contributed by atoms with Crippen LogP contribution in [0.15, 0.2) is 59.1 Å². The topological polar surface area (TPSA) is 59.2 Å². The van der Waals surface area contributed by atoms with Gasteiger partial charge in [-0.2, -0.15) is 4.98 Å². The Labute approximate surface area is 120 Å². The molecule has 1 aromatic heterocycles. The Morgan fingerprint density at radius 1 is 1.05 bits per heavy atom. The molecule has 1 unspecified atom stereocenters. The third kappa shape index (κ3) is 3.14. The molecule has 1 atom stereocenters. The Balaban J connectivity index is 1.75. The van der Waals surface area contributed by atoms with Crippen LogP contribution in [-0.4, -0.2) is 15.2 Å². The summed E-state index contributed by atoms with van der Waals surface area (Å²) in [5.74, 6) is 0.401. The van der Waals surface area contributed by atoms with Crippen LogP contribution in [-0.2, 0) is 6.42 Å². The van der Waals surface area contributed by atoms with Crippen LogP contribution in [0.4, 0.5) is 4.39 Å². The largest absolute Gasteiger partial charge is 0.388 e. The van der Waals surface area contributed by atoms with Crippen molar-refractivity contribution in [1.82, 2.24) is 10.1 Å². The van der Waals surface area contributed by atoms with E-state index in [9.17, 15) is 9.50 Å². The molecular weight excluding hydrogens is 271 g/mol. The number of benzene rings is 2. The van der Waals surface area contributed by atoms with Gasteiger partial charge in [0.25, 0.3) is 0 Å². The molecule has 0 radical (unpaired) electrons. The summed E-state index contributed by atoms with van der Waals surface area (Å²) in [6.45, 7) is 0. The minimum absolute atomic E-state index is 0.234. The summed E-state index contributed by atoms with van der Waals surface area (Å²) in [7, 11) is 0. The molecule has 0 aliphatic carbocycles. The van der Waals surface area contributed by atoms with Crippen molar-refractivity contribution in [2.24, 2.45) is 0 Å². The monoisotopic (exact) mass is 284 g/mol. The molecule has 0 saturated heterocycles. The van der Waals surface area contributed by atoms with Crippen molar-refractivity contribution in [2.75, 3.05) is 0 Å². The lowest BCUT2D eigenvalue weighted by molar-refractivity contribution is 0.165. The van der Waals surface area contributed by atoms with Crippen LogP contribution >= 0.6 is 0 Å². The zero-order valence-electron chi connectivity index (χ0n) is 11.1. The minimum atomic E-state index is -0.701. The van der Waals surface area contributed by atoms with E-state index in [1.807, 2.05) is 30.3 Å². The van der Waals surface area contributed by atoms with E-state index in [-0.39, 0.29) is 12.2 Å². The summed E-state index contributed by atoms with van der Waals surface area (Å²) in [6.07, 6.45) is -0.467. The van der Waals surface area contributed by atoms with Crippen molar-refractivity contribution in [3.05, 3.63) is 71.9 Å². The lowest BCUT2D eigenvalue weighted by atomic mass is 10.1. The summed E-state index contributed by atoms with van der Waals surface area (Å²) in [6, 6.07) is 15.1. The Morgan fingerprint density at radius 3 is 2.48 bits per heavy atom. The fraction of sp³-hybridized carbons (Fsp3) is 0.125. The molecule has 3 rings (SSSR count). The van der Waals surface area contributed by atoms with Crippen molar-refractivity contribution < 1.29 is 14.0 Å². The molecule has 0 spiro atoms. The number of halogens is 1. The highest BCUT2D eigenvalue weighted by Gasteiger charge is 2.14. The predicted octanol–water partition coefficient (Wildman–Crippen LogP) is 3.15. The summed E-state index contributed by atoms with van der Waals surface area (Å²) >= 11 is 0. The molecule has 3 aromatic rings. The van der Waals surface area contributed by atoms with Gasteiger partial charge in [-0.05, 0) is 29.8 Å². The van der Waals surface area contributed by atoms with E-state index in [4.69, 9.17) is 4.52 Å². The molecule has 106 valence electrons. The molecule has 0 fully saturated rings. The zero-order valence-corrected chi connectivity index (χ0v) is 11.1. The van der Waals surface area contributed by atoms with E-state index in [0.29, 0.717) is 17.3 Å². The number of aliphatic hydroxyl groups is 1. The van der Waals surface area contributed by atoms with Crippen molar-refractivity contribution in [3.63, 3.8) is 0 Å². The van der Waals surface area contributed by atoms with E-state index in [2.05, 4.69) is 10.1 Å². The van der Waals surface area contributed by atoms with E-state index in [1.54, 1.807) is 12.1 Å². The smallest absolute Gasteiger partial charge is 0.229 e. The van der Waals surface area contributed by atoms with Gasteiger partial charge in [0, 0.05) is 5.56 Å². The van der Waals surface area contributed by atoms with Gasteiger partial charge in [-0.25, -0.2) is 4.39 Å². The highest BCUT2D eigenvalue weighted by Crippen LogP contribution is 2.20. The van der Waals surface area contributed by atoms with Gasteiger partial charge in [-0.15, -0.1) is 0 Å². The first kappa shape index (κ1) is 13.5. The first-order valence-electron chi connectivity index (χ1n) is 6.54. The van der Waals surface area contributed by atoms with E-state index < -0.39 is 6.10 Å². The van der Waals surface area contributed by atoms with Gasteiger partial charge in [-0.3, -0.25) is 0 Å². The second-order valence-corrected chi connectivity index (χ2v) is 4.65. The Hall–Kier alpha value is -2.53. The molecule has 0 amide bonds. The van der Waals surface area contributed by atoms with Crippen molar-refractivity contribution in [1.29, 1.82) is 0 Å². The molecule has 1 heterocycles. The van der Waals surface area contributed by atoms with E-state index in [0.717, 1.165) is 5.56 Å². The lowest BCUT2D eigenvalue weighted by Crippen LogP contribution is -2.01. The molecule has 2 aromatic carbocycles. The van der Waals surface area contributed by atoms with Crippen molar-refractivity contribution >= 4 is 0 Å². The third-order valence-corrected chi connectivity index (χ3v) is 3.12. The number of rotatable bonds is 4. The van der Waals surface area contributed by atoms with E-state index >= 15 is 0 Å². The van der Waals surface area contributed by atoms with Crippen LogP contribution in [0.5, 0.6) is 0 Å². The van der Waals surface area contributed by atoms with Crippen LogP contribution in [0.3, 0.4) is 0 Å². The second kappa shape index (κ2) is 5.85. The molecule has 0 bridgehead atoms. The molecule has 5 heteroatoms. The average molecular weight is 284 g/mol. The third-order valence-electron chi connectivity index (χ3n) is 3.12. The van der Waals surface area contributed by atoms with Crippen LogP contribution in [0, 0.1) is 5.82 Å². The summed E-state index contributed by atoms with van der Waals surface area (Å²) in [5.41, 5.74) is 1.46. The number of aliphatic hydroxyl groups excluding tert-OH is 1. The van der Waals surface area contributed by atoms with Crippen LogP contribution in [0.2, 0.25) is 0 Å². The molecule has 0 aliphatic rings. The number of hydrogen-bond donors (Lipinski definition) is 1. The number of hydrogen-bond acceptors (Lipinski definition) is 4. The normalized spacial score (nSPS) is 12.3. The zero-order chi connectivity index (χ0) is 14.7. The van der Waals surface area contributed by atoms with Gasteiger partial charge in [0.15, 0.2) is 0 Å². The molecular formula is C16H13FN2O2. The average Bonchev–Trinajstić information content (AvgIpc) is 2.97. The number of aromatic nitrogens is 2. The molecule has 0 saturated carbocycles. The van der Waals surface area contributed by atoms with Crippen LogP contribution < -0.4 is 0 Å². The van der Waals surface area contributed by atoms with Crippen LogP contribution in [0.1, 0.15) is 17.6 Å². The lowest BCUT2D eigenvalue weighted by Gasteiger charge is -2.07. The van der Waals surface area contributed by atoms with Gasteiger partial charge < -0.3 is 9.63 Å². The highest BCUT2D eigenvalue weighted by atomic mass is 19.1. The minimum Gasteiger partial charge on any atom is -0.388 e. The Kier molecular flexibility index (Phi) is 3.75. The quantitative estimate of drug-likeness (QED) is 0.799. The number of nitrogens with zero attached hydrogens (tertiary/aromatic N) is 2. The molecule has 21 heavy (non-hydrogen) atoms. The summed E-state index contributed by atoms with van der Waals surface area (Å²) in [4.78, 5) is 4.22. The maximum absolute atomic E-state index is 12.9. The van der Waals surface area contributed by atoms with Gasteiger partial charge in [0.2, 0.25) is 11.7 Å². The fourth-order valence-corrected chi connectivity index (χ4v) is 2.01. The SMILES string of the molecule is OC(Cc1nc(-c2ccc(F)cc2)no1)c1ccccc1. The maximum atomic E-state index is 12.9. The van der Waals surface area contributed by atoms with Crippen molar-refractivity contribution in [2.45, 2.75) is 12.5 Å². The van der Waals surface area contributed by atoms with Gasteiger partial charge >= 0.3 is 0 Å². The summed E-state index contributed by atoms with van der Waals surface area (Å²) < 4.78 is 18.0. The fourth-order valence-electron chi connectivity index (χ4n) is 2.01.